The Kier molecular flexibility index (Phi) is 9.84. The third kappa shape index (κ3) is 6.97. The van der Waals surface area contributed by atoms with Crippen LogP contribution in [0.1, 0.15) is 22.3 Å². The van der Waals surface area contributed by atoms with E-state index in [4.69, 9.17) is 0 Å². The van der Waals surface area contributed by atoms with Crippen molar-refractivity contribution in [2.24, 2.45) is 0 Å². The lowest BCUT2D eigenvalue weighted by Gasteiger charge is -2.20. The largest absolute Gasteiger partial charge is 0.337 e. The van der Waals surface area contributed by atoms with E-state index in [0.717, 1.165) is 37.1 Å². The Morgan fingerprint density at radius 3 is 1.29 bits per heavy atom. The summed E-state index contributed by atoms with van der Waals surface area (Å²) in [6.45, 7) is 0. The molecule has 4 heteroatoms. The SMILES string of the molecule is c1ccc(-c2cccc(-n3c4ccc(-c5ccc6c(c5)CC5Cc7ccccc7N65)cc4c4ccc(-c5cccc(-c6ccc(-n7c8ccccc8c8cc(-c9ccc%10c(c9)CC9Cc%11ccccc%11N%109)ccc87)cc6)c5)cc43)c2)cc1. The quantitative estimate of drug-likeness (QED) is 0.158. The summed E-state index contributed by atoms with van der Waals surface area (Å²) in [4.78, 5) is 5.16. The van der Waals surface area contributed by atoms with Crippen LogP contribution in [0.3, 0.4) is 0 Å². The predicted molar refractivity (Wildman–Crippen MR) is 342 cm³/mol. The maximum Gasteiger partial charge on any atom is 0.0547 e. The van der Waals surface area contributed by atoms with Gasteiger partial charge < -0.3 is 18.9 Å². The van der Waals surface area contributed by atoms with Gasteiger partial charge in [0.15, 0.2) is 0 Å². The van der Waals surface area contributed by atoms with E-state index in [1.54, 1.807) is 0 Å². The Hall–Kier alpha value is -10.2. The third-order valence-electron chi connectivity index (χ3n) is 18.7. The second-order valence-corrected chi connectivity index (χ2v) is 23.2. The first-order valence-corrected chi connectivity index (χ1v) is 29.1. The van der Waals surface area contributed by atoms with Crippen molar-refractivity contribution in [3.63, 3.8) is 0 Å². The molecular formula is C78H54N4. The number of nitrogens with zero attached hydrogens (tertiary/aromatic N) is 4. The van der Waals surface area contributed by atoms with Crippen LogP contribution in [0.15, 0.2) is 267 Å². The van der Waals surface area contributed by atoms with Gasteiger partial charge in [0.05, 0.1) is 22.1 Å². The van der Waals surface area contributed by atoms with Crippen LogP contribution in [0.4, 0.5) is 22.7 Å². The van der Waals surface area contributed by atoms with Gasteiger partial charge in [-0.15, -0.1) is 0 Å². The molecule has 4 aliphatic rings. The molecule has 2 unspecified atom stereocenters. The molecule has 0 saturated heterocycles. The van der Waals surface area contributed by atoms with Crippen molar-refractivity contribution in [3.05, 3.63) is 289 Å². The van der Waals surface area contributed by atoms with Crippen molar-refractivity contribution in [2.45, 2.75) is 37.8 Å². The zero-order chi connectivity index (χ0) is 53.6. The van der Waals surface area contributed by atoms with Crippen molar-refractivity contribution in [1.82, 2.24) is 9.13 Å². The van der Waals surface area contributed by atoms with Crippen LogP contribution in [0.25, 0.3) is 111 Å². The number of benzene rings is 12. The molecule has 82 heavy (non-hydrogen) atoms. The number of hydrogen-bond donors (Lipinski definition) is 0. The maximum absolute atomic E-state index is 2.58. The minimum Gasteiger partial charge on any atom is -0.337 e. The normalized spacial score (nSPS) is 15.6. The monoisotopic (exact) mass is 1050 g/mol. The van der Waals surface area contributed by atoms with E-state index in [9.17, 15) is 0 Å². The van der Waals surface area contributed by atoms with Crippen LogP contribution < -0.4 is 9.80 Å². The van der Waals surface area contributed by atoms with Crippen LogP contribution >= 0.6 is 0 Å². The zero-order valence-corrected chi connectivity index (χ0v) is 45.2. The van der Waals surface area contributed by atoms with Gasteiger partial charge in [-0.2, -0.15) is 0 Å². The summed E-state index contributed by atoms with van der Waals surface area (Å²) in [5, 5.41) is 5.03. The van der Waals surface area contributed by atoms with Gasteiger partial charge in [-0.3, -0.25) is 0 Å². The van der Waals surface area contributed by atoms with Crippen molar-refractivity contribution < 1.29 is 0 Å². The lowest BCUT2D eigenvalue weighted by molar-refractivity contribution is 0.725. The Balaban J connectivity index is 0.686. The molecule has 0 fully saturated rings. The van der Waals surface area contributed by atoms with Crippen molar-refractivity contribution in [1.29, 1.82) is 0 Å². The van der Waals surface area contributed by atoms with Crippen LogP contribution in [0, 0.1) is 0 Å². The van der Waals surface area contributed by atoms with E-state index < -0.39 is 0 Å². The lowest BCUT2D eigenvalue weighted by Crippen LogP contribution is -2.22. The average Bonchev–Trinajstić information content (AvgIpc) is 4.43. The van der Waals surface area contributed by atoms with E-state index in [1.165, 1.54) is 144 Å². The van der Waals surface area contributed by atoms with Crippen LogP contribution in [-0.2, 0) is 25.7 Å². The highest BCUT2D eigenvalue weighted by Crippen LogP contribution is 2.49. The molecule has 12 aromatic carbocycles. The van der Waals surface area contributed by atoms with Gasteiger partial charge in [-0.1, -0.05) is 164 Å². The molecule has 0 bridgehead atoms. The van der Waals surface area contributed by atoms with E-state index >= 15 is 0 Å². The van der Waals surface area contributed by atoms with E-state index in [1.807, 2.05) is 0 Å². The van der Waals surface area contributed by atoms with E-state index in [2.05, 4.69) is 286 Å². The molecule has 6 heterocycles. The van der Waals surface area contributed by atoms with Gasteiger partial charge in [0.2, 0.25) is 0 Å². The first-order chi connectivity index (χ1) is 40.6. The molecule has 0 N–H and O–H groups in total. The fourth-order valence-electron chi connectivity index (χ4n) is 15.0. The summed E-state index contributed by atoms with van der Waals surface area (Å²) in [6, 6.07) is 101. The second-order valence-electron chi connectivity index (χ2n) is 23.2. The van der Waals surface area contributed by atoms with Crippen LogP contribution in [0.5, 0.6) is 0 Å². The maximum atomic E-state index is 2.58. The summed E-state index contributed by atoms with van der Waals surface area (Å²) >= 11 is 0. The Morgan fingerprint density at radius 1 is 0.220 bits per heavy atom. The standard InChI is InChI=1S/C78H54N4/c1-2-12-49(13-3-1)53-18-11-19-64(41-53)80-77-37-30-57(55-28-35-74-62(40-55)45-66-43-60-15-5-8-22-72(60)82(66)74)47-70(77)68-33-26-58(48-78(68)80)52-17-10-16-51(38-52)50-24-31-63(32-25-50)79-75-23-9-6-20-67(75)69-46-56(29-36-76(69)79)54-27-34-73-61(39-54)44-65-42-59-14-4-7-21-71(59)81(65)73/h1-41,46-48,65-66H,42-45H2. The average molecular weight is 1050 g/mol. The fraction of sp³-hybridized carbons (Fsp3) is 0.0769. The lowest BCUT2D eigenvalue weighted by atomic mass is 9.97. The highest BCUT2D eigenvalue weighted by molar-refractivity contribution is 6.12. The Labute approximate surface area is 476 Å². The molecule has 386 valence electrons. The molecule has 0 aliphatic carbocycles. The van der Waals surface area contributed by atoms with Gasteiger partial charge >= 0.3 is 0 Å². The van der Waals surface area contributed by atoms with Gasteiger partial charge in [0.1, 0.15) is 0 Å². The molecular weight excluding hydrogens is 993 g/mol. The van der Waals surface area contributed by atoms with Gasteiger partial charge in [0, 0.05) is 67.8 Å². The number of anilines is 4. The first-order valence-electron chi connectivity index (χ1n) is 29.1. The van der Waals surface area contributed by atoms with Gasteiger partial charge in [-0.25, -0.2) is 0 Å². The number of fused-ring (bicyclic) bond motifs is 16. The topological polar surface area (TPSA) is 16.3 Å². The molecule has 2 atom stereocenters. The molecule has 4 nitrogen and oxygen atoms in total. The minimum atomic E-state index is 0.499. The van der Waals surface area contributed by atoms with E-state index in [0.29, 0.717) is 12.1 Å². The summed E-state index contributed by atoms with van der Waals surface area (Å²) in [5.74, 6) is 0. The molecule has 14 aromatic rings. The molecule has 18 rings (SSSR count). The van der Waals surface area contributed by atoms with Crippen molar-refractivity contribution in [3.8, 4) is 67.0 Å². The first kappa shape index (κ1) is 45.7. The van der Waals surface area contributed by atoms with Crippen LogP contribution in [-0.4, -0.2) is 21.2 Å². The molecule has 0 radical (unpaired) electrons. The second kappa shape index (κ2) is 17.7. The molecule has 0 saturated carbocycles. The van der Waals surface area contributed by atoms with Crippen molar-refractivity contribution >= 4 is 66.4 Å². The third-order valence-corrected chi connectivity index (χ3v) is 18.7. The zero-order valence-electron chi connectivity index (χ0n) is 45.2. The molecule has 4 aliphatic heterocycles. The smallest absolute Gasteiger partial charge is 0.0547 e. The van der Waals surface area contributed by atoms with Crippen LogP contribution in [0.2, 0.25) is 0 Å². The number of para-hydroxylation sites is 3. The predicted octanol–water partition coefficient (Wildman–Crippen LogP) is 19.5. The van der Waals surface area contributed by atoms with E-state index in [-0.39, 0.29) is 0 Å². The molecule has 2 aromatic heterocycles. The summed E-state index contributed by atoms with van der Waals surface area (Å²) in [5.41, 5.74) is 30.6. The Morgan fingerprint density at radius 2 is 0.634 bits per heavy atom. The number of rotatable bonds is 7. The van der Waals surface area contributed by atoms with Crippen molar-refractivity contribution in [2.75, 3.05) is 9.80 Å². The molecule has 0 amide bonds. The highest BCUT2D eigenvalue weighted by Gasteiger charge is 2.38. The summed E-state index contributed by atoms with van der Waals surface area (Å²) < 4.78 is 4.91. The fourth-order valence-corrected chi connectivity index (χ4v) is 15.0. The minimum absolute atomic E-state index is 0.499. The molecule has 0 spiro atoms. The number of hydrogen-bond acceptors (Lipinski definition) is 2. The Bertz CT molecular complexity index is 4960. The summed E-state index contributed by atoms with van der Waals surface area (Å²) in [6.07, 6.45) is 4.38. The highest BCUT2D eigenvalue weighted by atomic mass is 15.2. The van der Waals surface area contributed by atoms with Gasteiger partial charge in [-0.05, 0) is 207 Å². The number of aromatic nitrogens is 2. The van der Waals surface area contributed by atoms with Gasteiger partial charge in [0.25, 0.3) is 0 Å². The summed E-state index contributed by atoms with van der Waals surface area (Å²) in [7, 11) is 0.